The second kappa shape index (κ2) is 11.1. The van der Waals surface area contributed by atoms with Crippen LogP contribution in [0.3, 0.4) is 0 Å². The molecule has 0 radical (unpaired) electrons. The van der Waals surface area contributed by atoms with Gasteiger partial charge in [0.15, 0.2) is 5.96 Å². The van der Waals surface area contributed by atoms with Gasteiger partial charge in [-0.15, -0.1) is 10.2 Å². The number of hydrogen-bond donors (Lipinski definition) is 1. The summed E-state index contributed by atoms with van der Waals surface area (Å²) in [5.41, 5.74) is 1.32. The minimum absolute atomic E-state index is 0.806. The molecule has 0 saturated carbocycles. The summed E-state index contributed by atoms with van der Waals surface area (Å²) >= 11 is 3.60. The smallest absolute Gasteiger partial charge is 0.194 e. The van der Waals surface area contributed by atoms with Gasteiger partial charge in [-0.3, -0.25) is 4.99 Å². The topological polar surface area (TPSA) is 58.3 Å². The lowest BCUT2D eigenvalue weighted by Gasteiger charge is -2.22. The van der Waals surface area contributed by atoms with Gasteiger partial charge in [-0.2, -0.15) is 23.1 Å². The third kappa shape index (κ3) is 6.70. The van der Waals surface area contributed by atoms with E-state index in [0.29, 0.717) is 0 Å². The van der Waals surface area contributed by atoms with Crippen LogP contribution < -0.4 is 5.32 Å². The third-order valence-electron chi connectivity index (χ3n) is 3.78. The van der Waals surface area contributed by atoms with Gasteiger partial charge >= 0.3 is 0 Å². The Morgan fingerprint density at radius 2 is 2.36 bits per heavy atom. The average Bonchev–Trinajstić information content (AvgIpc) is 3.28. The van der Waals surface area contributed by atoms with Crippen molar-refractivity contribution in [1.82, 2.24) is 25.0 Å². The van der Waals surface area contributed by atoms with Gasteiger partial charge in [0.05, 0.1) is 0 Å². The number of rotatable bonds is 10. The van der Waals surface area contributed by atoms with Crippen LogP contribution in [0.4, 0.5) is 0 Å². The van der Waals surface area contributed by atoms with E-state index in [9.17, 15) is 0 Å². The average molecular weight is 381 g/mol. The maximum atomic E-state index is 4.78. The highest BCUT2D eigenvalue weighted by molar-refractivity contribution is 7.98. The third-order valence-corrected chi connectivity index (χ3v) is 5.21. The van der Waals surface area contributed by atoms with Crippen molar-refractivity contribution in [1.29, 1.82) is 0 Å². The molecule has 0 aliphatic heterocycles. The van der Waals surface area contributed by atoms with Crippen LogP contribution in [0, 0.1) is 0 Å². The van der Waals surface area contributed by atoms with Crippen molar-refractivity contribution in [2.24, 2.45) is 4.99 Å². The van der Waals surface area contributed by atoms with Gasteiger partial charge in [0.1, 0.15) is 12.2 Å². The van der Waals surface area contributed by atoms with Crippen LogP contribution in [0.25, 0.3) is 0 Å². The van der Waals surface area contributed by atoms with Gasteiger partial charge in [-0.25, -0.2) is 0 Å². The minimum Gasteiger partial charge on any atom is -0.354 e. The molecule has 0 aliphatic rings. The number of aromatic nitrogens is 3. The maximum Gasteiger partial charge on any atom is 0.194 e. The van der Waals surface area contributed by atoms with Crippen LogP contribution in [0.15, 0.2) is 28.1 Å². The Morgan fingerprint density at radius 1 is 1.48 bits per heavy atom. The SMILES string of the molecule is CCc1nncn1CCNC(=NCCCSC)N(C)Cc1ccsc1. The maximum absolute atomic E-state index is 4.78. The van der Waals surface area contributed by atoms with Crippen molar-refractivity contribution < 1.29 is 0 Å². The molecule has 0 spiro atoms. The molecule has 0 amide bonds. The predicted octanol–water partition coefficient (Wildman–Crippen LogP) is 2.73. The molecule has 0 atom stereocenters. The lowest BCUT2D eigenvalue weighted by molar-refractivity contribution is 0.471. The van der Waals surface area contributed by atoms with E-state index in [1.807, 2.05) is 11.8 Å². The molecular formula is C17H28N6S2. The summed E-state index contributed by atoms with van der Waals surface area (Å²) in [4.78, 5) is 6.97. The second-order valence-electron chi connectivity index (χ2n) is 5.76. The zero-order valence-electron chi connectivity index (χ0n) is 15.3. The molecule has 2 heterocycles. The van der Waals surface area contributed by atoms with E-state index in [-0.39, 0.29) is 0 Å². The number of nitrogens with one attached hydrogen (secondary N) is 1. The lowest BCUT2D eigenvalue weighted by atomic mass is 10.3. The van der Waals surface area contributed by atoms with Gasteiger partial charge in [-0.1, -0.05) is 6.92 Å². The zero-order chi connectivity index (χ0) is 17.9. The van der Waals surface area contributed by atoms with Crippen LogP contribution in [-0.2, 0) is 19.5 Å². The second-order valence-corrected chi connectivity index (χ2v) is 7.53. The first-order valence-corrected chi connectivity index (χ1v) is 10.9. The normalized spacial score (nSPS) is 11.7. The van der Waals surface area contributed by atoms with E-state index in [2.05, 4.69) is 62.0 Å². The van der Waals surface area contributed by atoms with Crippen molar-refractivity contribution in [3.63, 3.8) is 0 Å². The van der Waals surface area contributed by atoms with E-state index in [0.717, 1.165) is 56.6 Å². The molecule has 2 aromatic heterocycles. The summed E-state index contributed by atoms with van der Waals surface area (Å²) in [6, 6.07) is 2.16. The van der Waals surface area contributed by atoms with E-state index >= 15 is 0 Å². The van der Waals surface area contributed by atoms with E-state index in [1.54, 1.807) is 17.7 Å². The largest absolute Gasteiger partial charge is 0.354 e. The molecule has 2 rings (SSSR count). The van der Waals surface area contributed by atoms with Gasteiger partial charge in [0, 0.05) is 39.6 Å². The highest BCUT2D eigenvalue weighted by atomic mass is 32.2. The number of aliphatic imine (C=N–C) groups is 1. The van der Waals surface area contributed by atoms with Crippen molar-refractivity contribution in [2.75, 3.05) is 32.1 Å². The molecule has 6 nitrogen and oxygen atoms in total. The fourth-order valence-corrected chi connectivity index (χ4v) is 3.54. The lowest BCUT2D eigenvalue weighted by Crippen LogP contribution is -2.40. The first-order chi connectivity index (χ1) is 12.2. The summed E-state index contributed by atoms with van der Waals surface area (Å²) in [5, 5.41) is 15.9. The van der Waals surface area contributed by atoms with Gasteiger partial charge in [0.25, 0.3) is 0 Å². The van der Waals surface area contributed by atoms with Gasteiger partial charge in [-0.05, 0) is 40.8 Å². The first kappa shape index (κ1) is 19.8. The molecule has 25 heavy (non-hydrogen) atoms. The molecule has 1 N–H and O–H groups in total. The van der Waals surface area contributed by atoms with Crippen molar-refractivity contribution in [3.05, 3.63) is 34.5 Å². The first-order valence-electron chi connectivity index (χ1n) is 8.60. The molecule has 0 bridgehead atoms. The monoisotopic (exact) mass is 380 g/mol. The Kier molecular flexibility index (Phi) is 8.82. The highest BCUT2D eigenvalue weighted by Gasteiger charge is 2.08. The number of nitrogens with zero attached hydrogens (tertiary/aromatic N) is 5. The number of guanidine groups is 1. The summed E-state index contributed by atoms with van der Waals surface area (Å²) in [5.74, 6) is 3.12. The van der Waals surface area contributed by atoms with Gasteiger partial charge in [0.2, 0.25) is 0 Å². The van der Waals surface area contributed by atoms with E-state index in [1.165, 1.54) is 5.56 Å². The van der Waals surface area contributed by atoms with Crippen LogP contribution in [-0.4, -0.2) is 57.8 Å². The molecule has 0 unspecified atom stereocenters. The van der Waals surface area contributed by atoms with Crippen molar-refractivity contribution in [2.45, 2.75) is 32.9 Å². The summed E-state index contributed by atoms with van der Waals surface area (Å²) in [6.07, 6.45) is 5.93. The molecule has 0 fully saturated rings. The summed E-state index contributed by atoms with van der Waals surface area (Å²) < 4.78 is 2.09. The Labute approximate surface area is 158 Å². The summed E-state index contributed by atoms with van der Waals surface area (Å²) in [7, 11) is 2.09. The highest BCUT2D eigenvalue weighted by Crippen LogP contribution is 2.08. The molecule has 0 saturated heterocycles. The van der Waals surface area contributed by atoms with Gasteiger partial charge < -0.3 is 14.8 Å². The minimum atomic E-state index is 0.806. The molecule has 8 heteroatoms. The summed E-state index contributed by atoms with van der Waals surface area (Å²) in [6.45, 7) is 5.46. The Bertz CT molecular complexity index is 623. The fraction of sp³-hybridized carbons (Fsp3) is 0.588. The molecule has 0 aliphatic carbocycles. The van der Waals surface area contributed by atoms with Crippen molar-refractivity contribution >= 4 is 29.1 Å². The standard InChI is InChI=1S/C17H28N6S2/c1-4-16-21-20-14-23(16)9-8-19-17(18-7-5-10-24-3)22(2)12-15-6-11-25-13-15/h6,11,13-14H,4-5,7-10,12H2,1-3H3,(H,18,19). The van der Waals surface area contributed by atoms with Crippen LogP contribution in [0.5, 0.6) is 0 Å². The Morgan fingerprint density at radius 3 is 3.08 bits per heavy atom. The zero-order valence-corrected chi connectivity index (χ0v) is 16.9. The molecule has 138 valence electrons. The van der Waals surface area contributed by atoms with Crippen LogP contribution in [0.2, 0.25) is 0 Å². The van der Waals surface area contributed by atoms with Crippen LogP contribution in [0.1, 0.15) is 24.7 Å². The van der Waals surface area contributed by atoms with E-state index in [4.69, 9.17) is 4.99 Å². The molecule has 2 aromatic rings. The number of thiophene rings is 1. The number of hydrogen-bond acceptors (Lipinski definition) is 5. The van der Waals surface area contributed by atoms with E-state index < -0.39 is 0 Å². The van der Waals surface area contributed by atoms with Crippen molar-refractivity contribution in [3.8, 4) is 0 Å². The fourth-order valence-electron chi connectivity index (χ4n) is 2.46. The number of thioether (sulfide) groups is 1. The van der Waals surface area contributed by atoms with Crippen LogP contribution >= 0.6 is 23.1 Å². The Balaban J connectivity index is 1.90. The predicted molar refractivity (Wildman–Crippen MR) is 108 cm³/mol. The molecular weight excluding hydrogens is 352 g/mol. The molecule has 0 aromatic carbocycles. The Hall–Kier alpha value is -1.54. The quantitative estimate of drug-likeness (QED) is 0.390. The number of aryl methyl sites for hydroxylation is 1.